The summed E-state index contributed by atoms with van der Waals surface area (Å²) < 4.78 is 48.6. The standard InChI is InChI=1S/C18H18F3NO3/c1-17(2,3)11-8-9-12(16(23)24-4)13(10-11)25-15-7-5-6-14(22-15)18(19,20)21/h5-10H,1-4H3. The van der Waals surface area contributed by atoms with Crippen molar-refractivity contribution in [1.82, 2.24) is 4.98 Å². The molecule has 0 aliphatic carbocycles. The van der Waals surface area contributed by atoms with Gasteiger partial charge in [-0.05, 0) is 29.2 Å². The van der Waals surface area contributed by atoms with Crippen LogP contribution in [0, 0.1) is 0 Å². The zero-order valence-corrected chi connectivity index (χ0v) is 14.3. The number of rotatable bonds is 3. The van der Waals surface area contributed by atoms with E-state index in [1.807, 2.05) is 20.8 Å². The van der Waals surface area contributed by atoms with Gasteiger partial charge in [0.2, 0.25) is 5.88 Å². The largest absolute Gasteiger partial charge is 0.465 e. The molecule has 0 amide bonds. The average molecular weight is 353 g/mol. The second kappa shape index (κ2) is 6.74. The maximum absolute atomic E-state index is 12.8. The monoisotopic (exact) mass is 353 g/mol. The average Bonchev–Trinajstić information content (AvgIpc) is 2.52. The number of halogens is 3. The van der Waals surface area contributed by atoms with Crippen LogP contribution < -0.4 is 4.74 Å². The summed E-state index contributed by atoms with van der Waals surface area (Å²) in [5.41, 5.74) is -0.359. The molecule has 1 aromatic carbocycles. The first kappa shape index (κ1) is 18.8. The third-order valence-corrected chi connectivity index (χ3v) is 3.48. The Bertz CT molecular complexity index is 780. The molecule has 0 atom stereocenters. The van der Waals surface area contributed by atoms with Crippen LogP contribution in [0.4, 0.5) is 13.2 Å². The molecular formula is C18H18F3NO3. The fourth-order valence-electron chi connectivity index (χ4n) is 2.09. The van der Waals surface area contributed by atoms with Crippen LogP contribution in [0.2, 0.25) is 0 Å². The highest BCUT2D eigenvalue weighted by Crippen LogP contribution is 2.33. The van der Waals surface area contributed by atoms with Gasteiger partial charge >= 0.3 is 12.1 Å². The van der Waals surface area contributed by atoms with Crippen LogP contribution in [-0.2, 0) is 16.3 Å². The molecule has 1 aromatic heterocycles. The van der Waals surface area contributed by atoms with Crippen LogP contribution in [0.3, 0.4) is 0 Å². The van der Waals surface area contributed by atoms with Gasteiger partial charge in [-0.1, -0.05) is 32.9 Å². The maximum Gasteiger partial charge on any atom is 0.433 e. The summed E-state index contributed by atoms with van der Waals surface area (Å²) in [6.45, 7) is 5.89. The summed E-state index contributed by atoms with van der Waals surface area (Å²) in [4.78, 5) is 15.4. The van der Waals surface area contributed by atoms with Crippen LogP contribution in [0.1, 0.15) is 42.4 Å². The molecule has 0 unspecified atom stereocenters. The molecular weight excluding hydrogens is 335 g/mol. The van der Waals surface area contributed by atoms with Crippen molar-refractivity contribution < 1.29 is 27.4 Å². The van der Waals surface area contributed by atoms with E-state index in [0.29, 0.717) is 0 Å². The number of methoxy groups -OCH3 is 1. The van der Waals surface area contributed by atoms with E-state index in [0.717, 1.165) is 11.6 Å². The number of alkyl halides is 3. The molecule has 0 saturated carbocycles. The van der Waals surface area contributed by atoms with Gasteiger partial charge in [0.1, 0.15) is 17.0 Å². The summed E-state index contributed by atoms with van der Waals surface area (Å²) in [5.74, 6) is -0.820. The number of hydrogen-bond acceptors (Lipinski definition) is 4. The molecule has 0 N–H and O–H groups in total. The van der Waals surface area contributed by atoms with Crippen molar-refractivity contribution in [2.24, 2.45) is 0 Å². The van der Waals surface area contributed by atoms with Crippen molar-refractivity contribution in [2.75, 3.05) is 7.11 Å². The molecule has 1 heterocycles. The van der Waals surface area contributed by atoms with E-state index >= 15 is 0 Å². The fraction of sp³-hybridized carbons (Fsp3) is 0.333. The lowest BCUT2D eigenvalue weighted by atomic mass is 9.86. The summed E-state index contributed by atoms with van der Waals surface area (Å²) in [7, 11) is 1.21. The Morgan fingerprint density at radius 3 is 2.32 bits per heavy atom. The summed E-state index contributed by atoms with van der Waals surface area (Å²) in [6, 6.07) is 8.21. The van der Waals surface area contributed by atoms with Gasteiger partial charge in [0, 0.05) is 6.07 Å². The van der Waals surface area contributed by atoms with E-state index in [2.05, 4.69) is 4.98 Å². The normalized spacial score (nSPS) is 12.0. The Hall–Kier alpha value is -2.57. The third kappa shape index (κ3) is 4.49. The van der Waals surface area contributed by atoms with Crippen LogP contribution in [0.25, 0.3) is 0 Å². The molecule has 0 saturated heterocycles. The Labute approximate surface area is 143 Å². The number of aromatic nitrogens is 1. The Balaban J connectivity index is 2.48. The number of carbonyl (C=O) groups is 1. The van der Waals surface area contributed by atoms with Gasteiger partial charge in [-0.15, -0.1) is 0 Å². The smallest absolute Gasteiger partial charge is 0.433 e. The van der Waals surface area contributed by atoms with Gasteiger partial charge in [0.15, 0.2) is 0 Å². The highest BCUT2D eigenvalue weighted by atomic mass is 19.4. The summed E-state index contributed by atoms with van der Waals surface area (Å²) >= 11 is 0. The first-order chi connectivity index (χ1) is 11.5. The van der Waals surface area contributed by atoms with Crippen molar-refractivity contribution in [3.63, 3.8) is 0 Å². The van der Waals surface area contributed by atoms with Gasteiger partial charge in [-0.2, -0.15) is 13.2 Å². The first-order valence-corrected chi connectivity index (χ1v) is 7.47. The topological polar surface area (TPSA) is 48.4 Å². The van der Waals surface area contributed by atoms with Crippen molar-refractivity contribution >= 4 is 5.97 Å². The Morgan fingerprint density at radius 2 is 1.76 bits per heavy atom. The Kier molecular flexibility index (Phi) is 5.06. The van der Waals surface area contributed by atoms with Crippen molar-refractivity contribution in [2.45, 2.75) is 32.4 Å². The maximum atomic E-state index is 12.8. The number of carbonyl (C=O) groups excluding carboxylic acids is 1. The number of ether oxygens (including phenoxy) is 2. The lowest BCUT2D eigenvalue weighted by molar-refractivity contribution is -0.141. The molecule has 4 nitrogen and oxygen atoms in total. The highest BCUT2D eigenvalue weighted by Gasteiger charge is 2.32. The molecule has 0 spiro atoms. The number of nitrogens with zero attached hydrogens (tertiary/aromatic N) is 1. The predicted molar refractivity (Wildman–Crippen MR) is 85.8 cm³/mol. The fourth-order valence-corrected chi connectivity index (χ4v) is 2.09. The van der Waals surface area contributed by atoms with Crippen molar-refractivity contribution in [1.29, 1.82) is 0 Å². The van der Waals surface area contributed by atoms with E-state index < -0.39 is 17.8 Å². The molecule has 134 valence electrons. The molecule has 0 fully saturated rings. The van der Waals surface area contributed by atoms with Crippen LogP contribution in [0.5, 0.6) is 11.6 Å². The van der Waals surface area contributed by atoms with Crippen LogP contribution >= 0.6 is 0 Å². The number of esters is 1. The minimum Gasteiger partial charge on any atom is -0.465 e. The van der Waals surface area contributed by atoms with Gasteiger partial charge < -0.3 is 9.47 Å². The van der Waals surface area contributed by atoms with Gasteiger partial charge in [-0.25, -0.2) is 9.78 Å². The SMILES string of the molecule is COC(=O)c1ccc(C(C)(C)C)cc1Oc1cccc(C(F)(F)F)n1. The summed E-state index contributed by atoms with van der Waals surface area (Å²) in [5, 5.41) is 0. The Morgan fingerprint density at radius 1 is 1.08 bits per heavy atom. The molecule has 2 rings (SSSR count). The molecule has 0 bridgehead atoms. The molecule has 0 radical (unpaired) electrons. The molecule has 0 aliphatic rings. The second-order valence-electron chi connectivity index (χ2n) is 6.41. The molecule has 2 aromatic rings. The van der Waals surface area contributed by atoms with Gasteiger partial charge in [0.05, 0.1) is 7.11 Å². The van der Waals surface area contributed by atoms with E-state index in [4.69, 9.17) is 9.47 Å². The summed E-state index contributed by atoms with van der Waals surface area (Å²) in [6.07, 6.45) is -4.59. The van der Waals surface area contributed by atoms with Crippen LogP contribution in [0.15, 0.2) is 36.4 Å². The van der Waals surface area contributed by atoms with Crippen molar-refractivity contribution in [3.8, 4) is 11.6 Å². The number of benzene rings is 1. The minimum absolute atomic E-state index is 0.0890. The van der Waals surface area contributed by atoms with Gasteiger partial charge in [0.25, 0.3) is 0 Å². The van der Waals surface area contributed by atoms with E-state index in [9.17, 15) is 18.0 Å². The van der Waals surface area contributed by atoms with E-state index in [1.165, 1.54) is 25.3 Å². The molecule has 25 heavy (non-hydrogen) atoms. The zero-order chi connectivity index (χ0) is 18.8. The highest BCUT2D eigenvalue weighted by molar-refractivity contribution is 5.92. The zero-order valence-electron chi connectivity index (χ0n) is 14.3. The third-order valence-electron chi connectivity index (χ3n) is 3.48. The number of hydrogen-bond donors (Lipinski definition) is 0. The van der Waals surface area contributed by atoms with E-state index in [-0.39, 0.29) is 22.6 Å². The molecule has 7 heteroatoms. The molecule has 0 aliphatic heterocycles. The van der Waals surface area contributed by atoms with Crippen molar-refractivity contribution in [3.05, 3.63) is 53.2 Å². The lowest BCUT2D eigenvalue weighted by Gasteiger charge is -2.21. The number of pyridine rings is 1. The second-order valence-corrected chi connectivity index (χ2v) is 6.41. The minimum atomic E-state index is -4.59. The first-order valence-electron chi connectivity index (χ1n) is 7.47. The predicted octanol–water partition coefficient (Wildman–Crippen LogP) is 4.98. The van der Waals surface area contributed by atoms with Gasteiger partial charge in [-0.3, -0.25) is 0 Å². The van der Waals surface area contributed by atoms with E-state index in [1.54, 1.807) is 12.1 Å². The quantitative estimate of drug-likeness (QED) is 0.731. The lowest BCUT2D eigenvalue weighted by Crippen LogP contribution is -2.13. The van der Waals surface area contributed by atoms with Crippen LogP contribution in [-0.4, -0.2) is 18.1 Å².